The Morgan fingerprint density at radius 2 is 1.72 bits per heavy atom. The standard InChI is InChI=1S/C26H39N5O/c27-24(21-12-6-2-7-13-21)16-22(26(32)29-23-14-8-3-9-15-23)17-25-28-19-31(30-25)18-20-10-4-1-5-11-20/h1,4-5,10-11,19,21-24H,2-3,6-9,12-18,27H2,(H,29,32)/t22?,24-/m0/s1. The van der Waals surface area contributed by atoms with E-state index in [0.29, 0.717) is 24.9 Å². The van der Waals surface area contributed by atoms with Crippen LogP contribution in [-0.4, -0.2) is 32.8 Å². The first-order valence-corrected chi connectivity index (χ1v) is 12.7. The predicted octanol–water partition coefficient (Wildman–Crippen LogP) is 4.23. The topological polar surface area (TPSA) is 85.8 Å². The van der Waals surface area contributed by atoms with Gasteiger partial charge in [0.25, 0.3) is 0 Å². The minimum absolute atomic E-state index is 0.0730. The van der Waals surface area contributed by atoms with E-state index in [0.717, 1.165) is 25.1 Å². The lowest BCUT2D eigenvalue weighted by atomic mass is 9.80. The van der Waals surface area contributed by atoms with Crippen LogP contribution in [0.1, 0.15) is 82.0 Å². The zero-order chi connectivity index (χ0) is 22.2. The van der Waals surface area contributed by atoms with Crippen molar-refractivity contribution < 1.29 is 4.79 Å². The summed E-state index contributed by atoms with van der Waals surface area (Å²) < 4.78 is 1.86. The van der Waals surface area contributed by atoms with Gasteiger partial charge in [0, 0.05) is 24.4 Å². The van der Waals surface area contributed by atoms with Gasteiger partial charge in [-0.3, -0.25) is 4.79 Å². The van der Waals surface area contributed by atoms with Gasteiger partial charge in [-0.2, -0.15) is 5.10 Å². The van der Waals surface area contributed by atoms with Gasteiger partial charge in [0.15, 0.2) is 5.82 Å². The second-order valence-electron chi connectivity index (χ2n) is 9.89. The van der Waals surface area contributed by atoms with Gasteiger partial charge in [-0.15, -0.1) is 0 Å². The van der Waals surface area contributed by atoms with Crippen molar-refractivity contribution in [1.29, 1.82) is 0 Å². The summed E-state index contributed by atoms with van der Waals surface area (Å²) in [4.78, 5) is 17.8. The van der Waals surface area contributed by atoms with Gasteiger partial charge in [-0.05, 0) is 43.6 Å². The van der Waals surface area contributed by atoms with Crippen molar-refractivity contribution >= 4 is 5.91 Å². The molecule has 32 heavy (non-hydrogen) atoms. The molecule has 2 fully saturated rings. The predicted molar refractivity (Wildman–Crippen MR) is 127 cm³/mol. The van der Waals surface area contributed by atoms with Gasteiger partial charge in [0.05, 0.1) is 6.54 Å². The molecule has 2 saturated carbocycles. The third kappa shape index (κ3) is 6.64. The molecule has 1 aromatic heterocycles. The van der Waals surface area contributed by atoms with Crippen LogP contribution in [0.3, 0.4) is 0 Å². The van der Waals surface area contributed by atoms with E-state index in [-0.39, 0.29) is 17.9 Å². The maximum absolute atomic E-state index is 13.3. The van der Waals surface area contributed by atoms with Crippen molar-refractivity contribution in [2.24, 2.45) is 17.6 Å². The maximum Gasteiger partial charge on any atom is 0.223 e. The Morgan fingerprint density at radius 1 is 1.03 bits per heavy atom. The van der Waals surface area contributed by atoms with E-state index in [4.69, 9.17) is 5.73 Å². The molecular formula is C26H39N5O. The average molecular weight is 438 g/mol. The first-order valence-electron chi connectivity index (χ1n) is 12.7. The number of hydrogen-bond donors (Lipinski definition) is 2. The summed E-state index contributed by atoms with van der Waals surface area (Å²) in [5, 5.41) is 8.02. The van der Waals surface area contributed by atoms with Crippen LogP contribution in [0.4, 0.5) is 0 Å². The number of carbonyl (C=O) groups excluding carboxylic acids is 1. The Kier molecular flexibility index (Phi) is 8.32. The number of amides is 1. The molecule has 1 heterocycles. The summed E-state index contributed by atoms with van der Waals surface area (Å²) >= 11 is 0. The van der Waals surface area contributed by atoms with Crippen molar-refractivity contribution in [3.05, 3.63) is 48.0 Å². The number of nitrogens with two attached hydrogens (primary N) is 1. The molecule has 2 atom stereocenters. The van der Waals surface area contributed by atoms with Crippen molar-refractivity contribution in [3.8, 4) is 0 Å². The van der Waals surface area contributed by atoms with Crippen LogP contribution in [0, 0.1) is 11.8 Å². The maximum atomic E-state index is 13.3. The second kappa shape index (κ2) is 11.6. The Balaban J connectivity index is 1.41. The fraction of sp³-hybridized carbons (Fsp3) is 0.654. The molecule has 6 heteroatoms. The molecule has 1 amide bonds. The molecule has 2 aromatic rings. The zero-order valence-electron chi connectivity index (χ0n) is 19.3. The van der Waals surface area contributed by atoms with Gasteiger partial charge in [0.2, 0.25) is 5.91 Å². The molecule has 0 spiro atoms. The number of carbonyl (C=O) groups is 1. The number of rotatable bonds is 9. The highest BCUT2D eigenvalue weighted by Crippen LogP contribution is 2.29. The molecule has 1 unspecified atom stereocenters. The molecule has 0 radical (unpaired) electrons. The molecule has 3 N–H and O–H groups in total. The third-order valence-electron chi connectivity index (χ3n) is 7.33. The van der Waals surface area contributed by atoms with Gasteiger partial charge in [0.1, 0.15) is 6.33 Å². The van der Waals surface area contributed by atoms with Crippen LogP contribution >= 0.6 is 0 Å². The van der Waals surface area contributed by atoms with Crippen molar-refractivity contribution in [2.75, 3.05) is 0 Å². The molecule has 174 valence electrons. The molecule has 2 aliphatic rings. The summed E-state index contributed by atoms with van der Waals surface area (Å²) in [6.45, 7) is 0.689. The highest BCUT2D eigenvalue weighted by atomic mass is 16.1. The minimum atomic E-state index is -0.165. The highest BCUT2D eigenvalue weighted by Gasteiger charge is 2.29. The average Bonchev–Trinajstić information content (AvgIpc) is 3.27. The van der Waals surface area contributed by atoms with E-state index in [9.17, 15) is 4.79 Å². The van der Waals surface area contributed by atoms with Crippen molar-refractivity contribution in [2.45, 2.75) is 95.7 Å². The molecule has 0 bridgehead atoms. The lowest BCUT2D eigenvalue weighted by Crippen LogP contribution is -2.43. The summed E-state index contributed by atoms with van der Waals surface area (Å²) in [6.07, 6.45) is 15.2. The summed E-state index contributed by atoms with van der Waals surface area (Å²) in [5.74, 6) is 1.25. The first-order chi connectivity index (χ1) is 15.7. The minimum Gasteiger partial charge on any atom is -0.353 e. The largest absolute Gasteiger partial charge is 0.353 e. The molecule has 0 aliphatic heterocycles. The number of aromatic nitrogens is 3. The molecule has 6 nitrogen and oxygen atoms in total. The second-order valence-corrected chi connectivity index (χ2v) is 9.89. The number of nitrogens with one attached hydrogen (secondary N) is 1. The summed E-state index contributed by atoms with van der Waals surface area (Å²) in [5.41, 5.74) is 7.84. The van der Waals surface area contributed by atoms with Crippen LogP contribution in [0.15, 0.2) is 36.7 Å². The van der Waals surface area contributed by atoms with Crippen LogP contribution in [-0.2, 0) is 17.8 Å². The van der Waals surface area contributed by atoms with E-state index >= 15 is 0 Å². The zero-order valence-corrected chi connectivity index (χ0v) is 19.3. The molecular weight excluding hydrogens is 398 g/mol. The van der Waals surface area contributed by atoms with E-state index in [1.165, 1.54) is 56.9 Å². The quantitative estimate of drug-likeness (QED) is 0.615. The van der Waals surface area contributed by atoms with Gasteiger partial charge >= 0.3 is 0 Å². The third-order valence-corrected chi connectivity index (χ3v) is 7.33. The van der Waals surface area contributed by atoms with Crippen LogP contribution in [0.2, 0.25) is 0 Å². The lowest BCUT2D eigenvalue weighted by Gasteiger charge is -2.31. The van der Waals surface area contributed by atoms with E-state index in [2.05, 4.69) is 27.5 Å². The summed E-state index contributed by atoms with van der Waals surface area (Å²) in [6, 6.07) is 10.6. The van der Waals surface area contributed by atoms with Gasteiger partial charge in [-0.25, -0.2) is 9.67 Å². The fourth-order valence-electron chi connectivity index (χ4n) is 5.43. The fourth-order valence-corrected chi connectivity index (χ4v) is 5.43. The monoisotopic (exact) mass is 437 g/mol. The highest BCUT2D eigenvalue weighted by molar-refractivity contribution is 5.79. The van der Waals surface area contributed by atoms with E-state index < -0.39 is 0 Å². The Bertz CT molecular complexity index is 824. The molecule has 2 aliphatic carbocycles. The molecule has 1 aromatic carbocycles. The SMILES string of the molecule is N[C@@H](CC(Cc1ncn(Cc2ccccc2)n1)C(=O)NC1CCCCC1)C1CCCCC1. The first kappa shape index (κ1) is 23.0. The van der Waals surface area contributed by atoms with Crippen LogP contribution < -0.4 is 11.1 Å². The van der Waals surface area contributed by atoms with E-state index in [1.807, 2.05) is 22.9 Å². The van der Waals surface area contributed by atoms with Crippen molar-refractivity contribution in [1.82, 2.24) is 20.1 Å². The normalized spacial score (nSPS) is 20.0. The Morgan fingerprint density at radius 3 is 2.44 bits per heavy atom. The Labute approximate surface area is 192 Å². The number of nitrogens with zero attached hydrogens (tertiary/aromatic N) is 3. The molecule has 0 saturated heterocycles. The van der Waals surface area contributed by atoms with Crippen LogP contribution in [0.25, 0.3) is 0 Å². The molecule has 4 rings (SSSR count). The van der Waals surface area contributed by atoms with Gasteiger partial charge in [-0.1, -0.05) is 68.9 Å². The van der Waals surface area contributed by atoms with Crippen LogP contribution in [0.5, 0.6) is 0 Å². The van der Waals surface area contributed by atoms with Gasteiger partial charge < -0.3 is 11.1 Å². The Hall–Kier alpha value is -2.21. The lowest BCUT2D eigenvalue weighted by molar-refractivity contribution is -0.126. The summed E-state index contributed by atoms with van der Waals surface area (Å²) in [7, 11) is 0. The number of hydrogen-bond acceptors (Lipinski definition) is 4. The van der Waals surface area contributed by atoms with E-state index in [1.54, 1.807) is 6.33 Å². The van der Waals surface area contributed by atoms with Crippen molar-refractivity contribution in [3.63, 3.8) is 0 Å². The smallest absolute Gasteiger partial charge is 0.223 e. The number of benzene rings is 1.